The number of hydrogen-bond donors (Lipinski definition) is 1. The van der Waals surface area contributed by atoms with Gasteiger partial charge in [-0.2, -0.15) is 0 Å². The number of fused-ring (bicyclic) bond motifs is 1. The van der Waals surface area contributed by atoms with Crippen molar-refractivity contribution in [2.45, 2.75) is 78.7 Å². The normalized spacial score (nSPS) is 16.8. The van der Waals surface area contributed by atoms with Crippen molar-refractivity contribution in [1.82, 2.24) is 0 Å². The number of hydrogen-bond acceptors (Lipinski definition) is 4. The van der Waals surface area contributed by atoms with Crippen LogP contribution < -0.4 is 5.32 Å². The van der Waals surface area contributed by atoms with E-state index in [9.17, 15) is 9.59 Å². The number of carbonyl (C=O) groups is 2. The molecule has 134 valence electrons. The minimum Gasteiger partial charge on any atom is -0.459 e. The van der Waals surface area contributed by atoms with Crippen molar-refractivity contribution in [2.75, 3.05) is 5.32 Å². The van der Waals surface area contributed by atoms with Gasteiger partial charge in [-0.25, -0.2) is 4.79 Å². The smallest absolute Gasteiger partial charge is 0.341 e. The molecule has 1 aliphatic carbocycles. The summed E-state index contributed by atoms with van der Waals surface area (Å²) in [4.78, 5) is 26.0. The van der Waals surface area contributed by atoms with Gasteiger partial charge in [-0.1, -0.05) is 26.7 Å². The van der Waals surface area contributed by atoms with Crippen LogP contribution in [0.4, 0.5) is 5.00 Å². The van der Waals surface area contributed by atoms with Crippen molar-refractivity contribution in [3.05, 3.63) is 16.0 Å². The molecule has 0 bridgehead atoms. The maximum absolute atomic E-state index is 12.6. The Labute approximate surface area is 149 Å². The molecule has 0 saturated carbocycles. The lowest BCUT2D eigenvalue weighted by atomic mass is 9.88. The van der Waals surface area contributed by atoms with Crippen LogP contribution in [0.25, 0.3) is 0 Å². The molecule has 1 amide bonds. The summed E-state index contributed by atoms with van der Waals surface area (Å²) in [5.41, 5.74) is 1.69. The number of ether oxygens (including phenoxy) is 1. The summed E-state index contributed by atoms with van der Waals surface area (Å²) in [6.07, 6.45) is 6.31. The molecule has 0 aliphatic heterocycles. The van der Waals surface area contributed by atoms with Crippen LogP contribution >= 0.6 is 11.3 Å². The quantitative estimate of drug-likeness (QED) is 0.558. The molecule has 1 aromatic heterocycles. The molecule has 4 nitrogen and oxygen atoms in total. The summed E-state index contributed by atoms with van der Waals surface area (Å²) < 4.78 is 5.42. The summed E-state index contributed by atoms with van der Waals surface area (Å²) in [5, 5.41) is 3.66. The first kappa shape index (κ1) is 19.0. The van der Waals surface area contributed by atoms with Crippen LogP contribution in [-0.4, -0.2) is 18.0 Å². The highest BCUT2D eigenvalue weighted by Gasteiger charge is 2.29. The van der Waals surface area contributed by atoms with Crippen LogP contribution in [0.2, 0.25) is 0 Å². The highest BCUT2D eigenvalue weighted by Crippen LogP contribution is 2.40. The maximum Gasteiger partial charge on any atom is 0.341 e. The molecule has 1 aliphatic rings. The molecule has 1 heterocycles. The third-order valence-corrected chi connectivity index (χ3v) is 5.49. The van der Waals surface area contributed by atoms with E-state index in [1.807, 2.05) is 13.8 Å². The molecular weight excluding hydrogens is 322 g/mol. The molecule has 24 heavy (non-hydrogen) atoms. The number of rotatable bonds is 7. The van der Waals surface area contributed by atoms with Crippen LogP contribution in [0.3, 0.4) is 0 Å². The zero-order chi connectivity index (χ0) is 17.7. The second kappa shape index (κ2) is 8.65. The van der Waals surface area contributed by atoms with Crippen molar-refractivity contribution >= 4 is 28.2 Å². The molecule has 0 aromatic carbocycles. The molecule has 1 N–H and O–H groups in total. The number of esters is 1. The van der Waals surface area contributed by atoms with Crippen molar-refractivity contribution in [1.29, 1.82) is 0 Å². The first-order chi connectivity index (χ1) is 11.4. The number of amides is 1. The first-order valence-corrected chi connectivity index (χ1v) is 9.89. The molecule has 0 fully saturated rings. The Bertz CT molecular complexity index is 592. The van der Waals surface area contributed by atoms with Gasteiger partial charge in [0.2, 0.25) is 5.91 Å². The number of nitrogens with one attached hydrogen (secondary N) is 1. The minimum absolute atomic E-state index is 0.00584. The topological polar surface area (TPSA) is 55.4 Å². The Hall–Kier alpha value is -1.36. The summed E-state index contributed by atoms with van der Waals surface area (Å²) in [6, 6.07) is 0. The molecule has 1 unspecified atom stereocenters. The lowest BCUT2D eigenvalue weighted by molar-refractivity contribution is -0.116. The standard InChI is InChI=1S/C19H29NO3S/c1-5-6-7-8-16(21)20-18-17(19(22)23-12(2)3)14-10-9-13(4)11-15(14)24-18/h12-13H,5-11H2,1-4H3,(H,20,21). The third kappa shape index (κ3) is 4.82. The number of carbonyl (C=O) groups excluding carboxylic acids is 2. The lowest BCUT2D eigenvalue weighted by Crippen LogP contribution is -2.18. The zero-order valence-electron chi connectivity index (χ0n) is 15.2. The van der Waals surface area contributed by atoms with E-state index >= 15 is 0 Å². The van der Waals surface area contributed by atoms with Gasteiger partial charge in [0.05, 0.1) is 11.7 Å². The van der Waals surface area contributed by atoms with Gasteiger partial charge in [0.25, 0.3) is 0 Å². The van der Waals surface area contributed by atoms with Gasteiger partial charge >= 0.3 is 5.97 Å². The summed E-state index contributed by atoms with van der Waals surface area (Å²) in [6.45, 7) is 8.05. The number of thiophene rings is 1. The van der Waals surface area contributed by atoms with Gasteiger partial charge in [-0.05, 0) is 51.0 Å². The number of unbranched alkanes of at least 4 members (excludes halogenated alkanes) is 2. The average Bonchev–Trinajstić information content (AvgIpc) is 2.83. The van der Waals surface area contributed by atoms with E-state index in [1.54, 1.807) is 11.3 Å². The zero-order valence-corrected chi connectivity index (χ0v) is 16.1. The van der Waals surface area contributed by atoms with E-state index in [1.165, 1.54) is 4.88 Å². The highest BCUT2D eigenvalue weighted by atomic mass is 32.1. The van der Waals surface area contributed by atoms with Crippen molar-refractivity contribution in [3.63, 3.8) is 0 Å². The van der Waals surface area contributed by atoms with Gasteiger partial charge in [0.15, 0.2) is 0 Å². The molecule has 2 rings (SSSR count). The van der Waals surface area contributed by atoms with Crippen LogP contribution in [0.15, 0.2) is 0 Å². The second-order valence-corrected chi connectivity index (χ2v) is 8.12. The van der Waals surface area contributed by atoms with Gasteiger partial charge in [0.1, 0.15) is 5.00 Å². The molecule has 0 spiro atoms. The predicted molar refractivity (Wildman–Crippen MR) is 98.8 cm³/mol. The van der Waals surface area contributed by atoms with Gasteiger partial charge in [-0.3, -0.25) is 4.79 Å². The van der Waals surface area contributed by atoms with Gasteiger partial charge < -0.3 is 10.1 Å². The fourth-order valence-corrected chi connectivity index (χ4v) is 4.47. The Morgan fingerprint density at radius 1 is 1.33 bits per heavy atom. The minimum atomic E-state index is -0.305. The number of anilines is 1. The lowest BCUT2D eigenvalue weighted by Gasteiger charge is -2.18. The summed E-state index contributed by atoms with van der Waals surface area (Å²) >= 11 is 1.56. The third-order valence-electron chi connectivity index (χ3n) is 4.32. The van der Waals surface area contributed by atoms with Gasteiger partial charge in [-0.15, -0.1) is 11.3 Å². The Morgan fingerprint density at radius 3 is 2.75 bits per heavy atom. The highest BCUT2D eigenvalue weighted by molar-refractivity contribution is 7.17. The van der Waals surface area contributed by atoms with Crippen LogP contribution in [0.5, 0.6) is 0 Å². The van der Waals surface area contributed by atoms with E-state index in [4.69, 9.17) is 4.74 Å². The van der Waals surface area contributed by atoms with Crippen LogP contribution in [0, 0.1) is 5.92 Å². The molecule has 1 atom stereocenters. The van der Waals surface area contributed by atoms with E-state index in [0.717, 1.165) is 44.1 Å². The fraction of sp³-hybridized carbons (Fsp3) is 0.684. The van der Waals surface area contributed by atoms with Gasteiger partial charge in [0, 0.05) is 11.3 Å². The summed E-state index contributed by atoms with van der Waals surface area (Å²) in [7, 11) is 0. The maximum atomic E-state index is 12.6. The van der Waals surface area contributed by atoms with Crippen LogP contribution in [0.1, 0.15) is 80.6 Å². The second-order valence-electron chi connectivity index (χ2n) is 7.02. The Morgan fingerprint density at radius 2 is 2.08 bits per heavy atom. The van der Waals surface area contributed by atoms with Crippen molar-refractivity contribution in [3.8, 4) is 0 Å². The Kier molecular flexibility index (Phi) is 6.84. The Balaban J connectivity index is 2.22. The van der Waals surface area contributed by atoms with Crippen molar-refractivity contribution < 1.29 is 14.3 Å². The fourth-order valence-electron chi connectivity index (χ4n) is 3.05. The SMILES string of the molecule is CCCCCC(=O)Nc1sc2c(c1C(=O)OC(C)C)CCC(C)C2. The first-order valence-electron chi connectivity index (χ1n) is 9.07. The molecular formula is C19H29NO3S. The van der Waals surface area contributed by atoms with E-state index in [2.05, 4.69) is 19.2 Å². The average molecular weight is 352 g/mol. The van der Waals surface area contributed by atoms with E-state index in [0.29, 0.717) is 22.9 Å². The summed E-state index contributed by atoms with van der Waals surface area (Å²) in [5.74, 6) is 0.313. The van der Waals surface area contributed by atoms with E-state index in [-0.39, 0.29) is 18.0 Å². The van der Waals surface area contributed by atoms with Crippen molar-refractivity contribution in [2.24, 2.45) is 5.92 Å². The monoisotopic (exact) mass is 351 g/mol. The molecule has 1 aromatic rings. The largest absolute Gasteiger partial charge is 0.459 e. The molecule has 0 radical (unpaired) electrons. The van der Waals surface area contributed by atoms with E-state index < -0.39 is 0 Å². The molecule has 0 saturated heterocycles. The molecule has 5 heteroatoms. The van der Waals surface area contributed by atoms with Crippen LogP contribution in [-0.2, 0) is 22.4 Å². The predicted octanol–water partition coefficient (Wildman–Crippen LogP) is 4.96.